The highest BCUT2D eigenvalue weighted by Crippen LogP contribution is 1.90. The van der Waals surface area contributed by atoms with Gasteiger partial charge in [0.25, 0.3) is 5.82 Å². The minimum absolute atomic E-state index is 0. The Kier molecular flexibility index (Phi) is 4.72. The Morgan fingerprint density at radius 3 is 2.45 bits per heavy atom. The summed E-state index contributed by atoms with van der Waals surface area (Å²) >= 11 is 0. The Hall–Kier alpha value is -0.0600. The van der Waals surface area contributed by atoms with Crippen LogP contribution in [-0.2, 0) is 6.54 Å². The van der Waals surface area contributed by atoms with Gasteiger partial charge in [0, 0.05) is 13.8 Å². The molecule has 11 heavy (non-hydrogen) atoms. The zero-order chi connectivity index (χ0) is 7.56. The SMILES string of the molecule is CCC[n+]1cc(C)[nH]c1C.[IH2+]. The van der Waals surface area contributed by atoms with E-state index in [9.17, 15) is 0 Å². The Morgan fingerprint density at radius 2 is 2.09 bits per heavy atom. The fourth-order valence-corrected chi connectivity index (χ4v) is 1.19. The van der Waals surface area contributed by atoms with Crippen molar-refractivity contribution in [2.75, 3.05) is 0 Å². The van der Waals surface area contributed by atoms with Crippen molar-refractivity contribution in [1.29, 1.82) is 0 Å². The van der Waals surface area contributed by atoms with Gasteiger partial charge in [-0.2, -0.15) is 0 Å². The average molecular weight is 268 g/mol. The van der Waals surface area contributed by atoms with Gasteiger partial charge in [-0.05, 0) is 6.42 Å². The van der Waals surface area contributed by atoms with E-state index >= 15 is 0 Å². The molecular formula is C8H17IN2+2. The van der Waals surface area contributed by atoms with Crippen LogP contribution in [0.2, 0.25) is 0 Å². The van der Waals surface area contributed by atoms with E-state index in [1.807, 2.05) is 0 Å². The first-order valence-corrected chi connectivity index (χ1v) is 3.79. The Labute approximate surface area is 85.0 Å². The molecule has 1 heterocycles. The number of aryl methyl sites for hydroxylation is 3. The van der Waals surface area contributed by atoms with E-state index in [0.29, 0.717) is 0 Å². The first kappa shape index (κ1) is 10.9. The monoisotopic (exact) mass is 268 g/mol. The van der Waals surface area contributed by atoms with Gasteiger partial charge in [-0.3, -0.25) is 0 Å². The van der Waals surface area contributed by atoms with E-state index in [0.717, 1.165) is 6.54 Å². The number of imidazole rings is 1. The molecule has 0 unspecified atom stereocenters. The summed E-state index contributed by atoms with van der Waals surface area (Å²) < 4.78 is 2.25. The number of H-pyrrole nitrogens is 1. The maximum Gasteiger partial charge on any atom is 0.251 e. The van der Waals surface area contributed by atoms with Crippen LogP contribution in [0, 0.1) is 13.8 Å². The van der Waals surface area contributed by atoms with Gasteiger partial charge in [0.15, 0.2) is 0 Å². The lowest BCUT2D eigenvalue weighted by atomic mass is 10.4. The molecule has 1 N–H and O–H groups in total. The highest BCUT2D eigenvalue weighted by atomic mass is 127. The molecule has 0 fully saturated rings. The van der Waals surface area contributed by atoms with Crippen LogP contribution in [-0.4, -0.2) is 4.98 Å². The summed E-state index contributed by atoms with van der Waals surface area (Å²) in [6.07, 6.45) is 3.35. The van der Waals surface area contributed by atoms with Crippen LogP contribution in [0.25, 0.3) is 0 Å². The van der Waals surface area contributed by atoms with Gasteiger partial charge in [0.2, 0.25) is 24.0 Å². The maximum atomic E-state index is 3.26. The Bertz CT molecular complexity index is 218. The number of halogens is 1. The molecule has 0 radical (unpaired) electrons. The van der Waals surface area contributed by atoms with Gasteiger partial charge in [0.05, 0.1) is 6.54 Å². The fraction of sp³-hybridized carbons (Fsp3) is 0.625. The molecule has 0 saturated carbocycles. The maximum absolute atomic E-state index is 3.26. The number of nitrogens with one attached hydrogen (secondary N) is 1. The fourth-order valence-electron chi connectivity index (χ4n) is 1.19. The number of nitrogens with zero attached hydrogens (tertiary/aromatic N) is 1. The summed E-state index contributed by atoms with van der Waals surface area (Å²) in [6.45, 7) is 7.49. The number of hydrogen-bond acceptors (Lipinski definition) is 0. The standard InChI is InChI=1S/C8H14N2.H2I/c1-4-5-10-6-7(2)9-8(10)3;/h6H,4-5H2,1-3H3;1H2/q;+1/p+1. The summed E-state index contributed by atoms with van der Waals surface area (Å²) in [6, 6.07) is 0. The van der Waals surface area contributed by atoms with Crippen molar-refractivity contribution < 1.29 is 28.5 Å². The van der Waals surface area contributed by atoms with E-state index in [1.165, 1.54) is 17.9 Å². The molecule has 0 aromatic carbocycles. The molecule has 0 atom stereocenters. The van der Waals surface area contributed by atoms with Gasteiger partial charge in [0.1, 0.15) is 11.9 Å². The minimum Gasteiger partial charge on any atom is -0.245 e. The van der Waals surface area contributed by atoms with Gasteiger partial charge in [-0.25, -0.2) is 9.55 Å². The molecule has 0 aliphatic carbocycles. The first-order valence-electron chi connectivity index (χ1n) is 3.79. The molecule has 0 saturated heterocycles. The van der Waals surface area contributed by atoms with Crippen molar-refractivity contribution in [3.8, 4) is 0 Å². The second kappa shape index (κ2) is 4.74. The summed E-state index contributed by atoms with van der Waals surface area (Å²) in [5, 5.41) is 0. The quantitative estimate of drug-likeness (QED) is 0.464. The van der Waals surface area contributed by atoms with E-state index < -0.39 is 0 Å². The molecule has 2 nitrogen and oxygen atoms in total. The zero-order valence-corrected chi connectivity index (χ0v) is 9.94. The van der Waals surface area contributed by atoms with E-state index in [2.05, 4.69) is 36.5 Å². The average Bonchev–Trinajstić information content (AvgIpc) is 2.13. The van der Waals surface area contributed by atoms with Gasteiger partial charge in [-0.15, -0.1) is 0 Å². The molecule has 0 amide bonds. The summed E-state index contributed by atoms with van der Waals surface area (Å²) in [4.78, 5) is 3.26. The molecule has 0 aliphatic heterocycles. The van der Waals surface area contributed by atoms with Crippen LogP contribution in [0.1, 0.15) is 24.9 Å². The molecule has 1 rings (SSSR count). The molecule has 0 spiro atoms. The molecule has 0 aliphatic rings. The summed E-state index contributed by atoms with van der Waals surface area (Å²) in [5.74, 6) is 1.25. The number of hydrogen-bond donors (Lipinski definition) is 1. The van der Waals surface area contributed by atoms with Crippen molar-refractivity contribution in [2.24, 2.45) is 0 Å². The Balaban J connectivity index is 0.000001000. The molecule has 1 aromatic heterocycles. The van der Waals surface area contributed by atoms with Crippen molar-refractivity contribution in [1.82, 2.24) is 4.98 Å². The smallest absolute Gasteiger partial charge is 0.245 e. The van der Waals surface area contributed by atoms with Gasteiger partial charge < -0.3 is 0 Å². The van der Waals surface area contributed by atoms with Crippen LogP contribution in [0.15, 0.2) is 6.20 Å². The van der Waals surface area contributed by atoms with Crippen molar-refractivity contribution >= 4 is 0 Å². The third-order valence-corrected chi connectivity index (χ3v) is 1.62. The lowest BCUT2D eigenvalue weighted by Crippen LogP contribution is -3.00. The van der Waals surface area contributed by atoms with Gasteiger partial charge in [-0.1, -0.05) is 6.92 Å². The zero-order valence-electron chi connectivity index (χ0n) is 7.39. The third-order valence-electron chi connectivity index (χ3n) is 1.62. The second-order valence-corrected chi connectivity index (χ2v) is 2.72. The van der Waals surface area contributed by atoms with Crippen LogP contribution >= 0.6 is 0 Å². The van der Waals surface area contributed by atoms with E-state index in [1.54, 1.807) is 0 Å². The largest absolute Gasteiger partial charge is 0.251 e. The lowest BCUT2D eigenvalue weighted by molar-refractivity contribution is -0.701. The van der Waals surface area contributed by atoms with Crippen LogP contribution in [0.5, 0.6) is 0 Å². The highest BCUT2D eigenvalue weighted by molar-refractivity contribution is 4.88. The highest BCUT2D eigenvalue weighted by Gasteiger charge is 2.05. The van der Waals surface area contributed by atoms with E-state index in [4.69, 9.17) is 0 Å². The predicted molar refractivity (Wildman–Crippen MR) is 43.5 cm³/mol. The molecule has 64 valence electrons. The van der Waals surface area contributed by atoms with Crippen molar-refractivity contribution in [2.45, 2.75) is 33.7 Å². The second-order valence-electron chi connectivity index (χ2n) is 2.72. The summed E-state index contributed by atoms with van der Waals surface area (Å²) in [5.41, 5.74) is 1.24. The number of aromatic amines is 1. The molecule has 1 aromatic rings. The van der Waals surface area contributed by atoms with Gasteiger partial charge >= 0.3 is 0 Å². The normalized spacial score (nSPS) is 9.36. The molecule has 0 bridgehead atoms. The topological polar surface area (TPSA) is 19.7 Å². The summed E-state index contributed by atoms with van der Waals surface area (Å²) in [7, 11) is 0. The van der Waals surface area contributed by atoms with Crippen LogP contribution in [0.3, 0.4) is 0 Å². The predicted octanol–water partition coefficient (Wildman–Crippen LogP) is -2.20. The lowest BCUT2D eigenvalue weighted by Gasteiger charge is -1.90. The number of rotatable bonds is 2. The van der Waals surface area contributed by atoms with Crippen LogP contribution < -0.4 is 28.5 Å². The first-order chi connectivity index (χ1) is 4.74. The molecular weight excluding hydrogens is 251 g/mol. The third kappa shape index (κ3) is 2.81. The Morgan fingerprint density at radius 1 is 1.45 bits per heavy atom. The number of aromatic nitrogens is 2. The molecule has 3 heteroatoms. The van der Waals surface area contributed by atoms with Crippen molar-refractivity contribution in [3.05, 3.63) is 17.7 Å². The van der Waals surface area contributed by atoms with E-state index in [-0.39, 0.29) is 24.0 Å². The van der Waals surface area contributed by atoms with Crippen LogP contribution in [0.4, 0.5) is 0 Å². The van der Waals surface area contributed by atoms with Crippen molar-refractivity contribution in [3.63, 3.8) is 0 Å². The minimum atomic E-state index is 0.